The highest BCUT2D eigenvalue weighted by molar-refractivity contribution is 5.57. The second-order valence-corrected chi connectivity index (χ2v) is 8.50. The highest BCUT2D eigenvalue weighted by Gasteiger charge is 2.21. The van der Waals surface area contributed by atoms with Crippen LogP contribution < -0.4 is 0 Å². The molecule has 0 fully saturated rings. The first-order chi connectivity index (χ1) is 15.2. The van der Waals surface area contributed by atoms with Gasteiger partial charge in [-0.3, -0.25) is 0 Å². The molecule has 2 aromatic carbocycles. The first-order valence-electron chi connectivity index (χ1n) is 12.2. The van der Waals surface area contributed by atoms with Gasteiger partial charge in [-0.2, -0.15) is 0 Å². The number of aryl methyl sites for hydroxylation is 2. The lowest BCUT2D eigenvalue weighted by molar-refractivity contribution is 0.0460. The second-order valence-electron chi connectivity index (χ2n) is 8.50. The van der Waals surface area contributed by atoms with Crippen molar-refractivity contribution in [2.45, 2.75) is 97.0 Å². The summed E-state index contributed by atoms with van der Waals surface area (Å²) in [6.07, 6.45) is 11.4. The summed E-state index contributed by atoms with van der Waals surface area (Å²) in [7, 11) is 0. The molecule has 0 spiro atoms. The van der Waals surface area contributed by atoms with E-state index in [0.717, 1.165) is 76.2 Å². The molecule has 0 saturated heterocycles. The van der Waals surface area contributed by atoms with Crippen LogP contribution in [0, 0.1) is 0 Å². The summed E-state index contributed by atoms with van der Waals surface area (Å²) >= 11 is 0. The van der Waals surface area contributed by atoms with E-state index >= 15 is 0 Å². The zero-order valence-corrected chi connectivity index (χ0v) is 19.4. The van der Waals surface area contributed by atoms with Gasteiger partial charge in [0.15, 0.2) is 0 Å². The Hall–Kier alpha value is -2.29. The number of hydrogen-bond acceptors (Lipinski definition) is 2. The van der Waals surface area contributed by atoms with Gasteiger partial charge in [-0.25, -0.2) is 4.79 Å². The average Bonchev–Trinajstić information content (AvgIpc) is 2.78. The largest absolute Gasteiger partial charge is 0.506 e. The molecule has 3 nitrogen and oxygen atoms in total. The van der Waals surface area contributed by atoms with Crippen LogP contribution in [-0.2, 0) is 24.0 Å². The molecule has 0 heterocycles. The molecule has 0 bridgehead atoms. The molecule has 170 valence electrons. The maximum Gasteiger partial charge on any atom is 0.506 e. The molecule has 31 heavy (non-hydrogen) atoms. The van der Waals surface area contributed by atoms with Gasteiger partial charge in [0, 0.05) is 0 Å². The van der Waals surface area contributed by atoms with Gasteiger partial charge in [-0.1, -0.05) is 88.1 Å². The molecule has 2 aromatic rings. The number of benzene rings is 2. The third-order valence-corrected chi connectivity index (χ3v) is 6.00. The molecule has 0 radical (unpaired) electrons. The van der Waals surface area contributed by atoms with Crippen molar-refractivity contribution in [2.24, 2.45) is 0 Å². The van der Waals surface area contributed by atoms with E-state index in [1.807, 2.05) is 0 Å². The summed E-state index contributed by atoms with van der Waals surface area (Å²) in [4.78, 5) is 11.4. The Labute approximate surface area is 188 Å². The van der Waals surface area contributed by atoms with Crippen molar-refractivity contribution >= 4 is 6.16 Å². The van der Waals surface area contributed by atoms with Gasteiger partial charge < -0.3 is 9.84 Å². The zero-order chi connectivity index (χ0) is 22.3. The van der Waals surface area contributed by atoms with Gasteiger partial charge in [-0.05, 0) is 73.6 Å². The van der Waals surface area contributed by atoms with E-state index in [1.165, 1.54) is 23.1 Å². The van der Waals surface area contributed by atoms with Gasteiger partial charge in [0.1, 0.15) is 6.10 Å². The van der Waals surface area contributed by atoms with E-state index < -0.39 is 6.16 Å². The molecule has 0 aliphatic carbocycles. The van der Waals surface area contributed by atoms with Crippen LogP contribution in [0.4, 0.5) is 4.79 Å². The Morgan fingerprint density at radius 3 is 2.23 bits per heavy atom. The predicted octanol–water partition coefficient (Wildman–Crippen LogP) is 8.30. The van der Waals surface area contributed by atoms with E-state index in [9.17, 15) is 9.90 Å². The first kappa shape index (κ1) is 25.0. The first-order valence-corrected chi connectivity index (χ1v) is 12.2. The highest BCUT2D eigenvalue weighted by Crippen LogP contribution is 2.31. The van der Waals surface area contributed by atoms with Crippen molar-refractivity contribution < 1.29 is 14.6 Å². The van der Waals surface area contributed by atoms with E-state index in [4.69, 9.17) is 4.74 Å². The van der Waals surface area contributed by atoms with E-state index in [-0.39, 0.29) is 6.10 Å². The minimum atomic E-state index is -1.17. The molecule has 1 atom stereocenters. The lowest BCUT2D eigenvalue weighted by Crippen LogP contribution is -2.13. The quantitative estimate of drug-likeness (QED) is 0.231. The summed E-state index contributed by atoms with van der Waals surface area (Å²) in [6, 6.07) is 17.0. The van der Waals surface area contributed by atoms with Crippen LogP contribution in [0.25, 0.3) is 0 Å². The third-order valence-electron chi connectivity index (χ3n) is 6.00. The van der Waals surface area contributed by atoms with Crippen molar-refractivity contribution in [3.8, 4) is 0 Å². The molecule has 1 unspecified atom stereocenters. The molecule has 1 N–H and O–H groups in total. The molecule has 0 saturated carbocycles. The van der Waals surface area contributed by atoms with E-state index in [0.29, 0.717) is 0 Å². The van der Waals surface area contributed by atoms with Crippen LogP contribution in [0.1, 0.15) is 100.0 Å². The third kappa shape index (κ3) is 9.16. The van der Waals surface area contributed by atoms with Crippen molar-refractivity contribution in [3.05, 3.63) is 70.8 Å². The summed E-state index contributed by atoms with van der Waals surface area (Å²) in [5, 5.41) is 9.37. The predicted molar refractivity (Wildman–Crippen MR) is 129 cm³/mol. The highest BCUT2D eigenvalue weighted by atomic mass is 16.7. The van der Waals surface area contributed by atoms with Crippen LogP contribution in [0.15, 0.2) is 48.5 Å². The molecule has 0 aliphatic rings. The van der Waals surface area contributed by atoms with Crippen LogP contribution in [0.2, 0.25) is 0 Å². The van der Waals surface area contributed by atoms with Crippen LogP contribution >= 0.6 is 0 Å². The monoisotopic (exact) mass is 424 g/mol. The van der Waals surface area contributed by atoms with Crippen LogP contribution in [0.5, 0.6) is 0 Å². The summed E-state index contributed by atoms with van der Waals surface area (Å²) < 4.78 is 5.41. The number of carboxylic acid groups (broad SMARTS) is 1. The maximum absolute atomic E-state index is 11.4. The Morgan fingerprint density at radius 1 is 0.806 bits per heavy atom. The standard InChI is InChI=1S/C28H40O3/c1-3-5-18-24-19-14-21-26(25(24)20-6-4-2)27(31-28(29)30)22-13-8-7-10-15-23-16-11-9-12-17-23/h9,11-12,14,16-17,19,21,27H,3-8,10,13,15,18,20,22H2,1-2H3,(H,29,30). The Morgan fingerprint density at radius 2 is 1.52 bits per heavy atom. The molecule has 0 aliphatic heterocycles. The lowest BCUT2D eigenvalue weighted by atomic mass is 9.89. The number of unbranched alkanes of at least 4 members (excludes halogenated alkanes) is 5. The van der Waals surface area contributed by atoms with Gasteiger partial charge in [0.05, 0.1) is 0 Å². The number of ether oxygens (including phenoxy) is 1. The fourth-order valence-electron chi connectivity index (χ4n) is 4.27. The maximum atomic E-state index is 11.4. The second kappa shape index (κ2) is 14.7. The topological polar surface area (TPSA) is 46.5 Å². The number of carbonyl (C=O) groups is 1. The van der Waals surface area contributed by atoms with Gasteiger partial charge in [0.2, 0.25) is 0 Å². The Balaban J connectivity index is 1.99. The van der Waals surface area contributed by atoms with Crippen molar-refractivity contribution in [1.29, 1.82) is 0 Å². The molecule has 3 heteroatoms. The Bertz CT molecular complexity index is 754. The minimum Gasteiger partial charge on any atom is -0.450 e. The minimum absolute atomic E-state index is 0.361. The summed E-state index contributed by atoms with van der Waals surface area (Å²) in [5.74, 6) is 0. The summed E-state index contributed by atoms with van der Waals surface area (Å²) in [5.41, 5.74) is 5.18. The smallest absolute Gasteiger partial charge is 0.450 e. The van der Waals surface area contributed by atoms with Gasteiger partial charge in [-0.15, -0.1) is 0 Å². The van der Waals surface area contributed by atoms with Crippen molar-refractivity contribution in [2.75, 3.05) is 0 Å². The van der Waals surface area contributed by atoms with Gasteiger partial charge >= 0.3 is 6.16 Å². The average molecular weight is 425 g/mol. The zero-order valence-electron chi connectivity index (χ0n) is 19.4. The van der Waals surface area contributed by atoms with Crippen molar-refractivity contribution in [3.63, 3.8) is 0 Å². The molecule has 0 amide bonds. The number of rotatable bonds is 15. The lowest BCUT2D eigenvalue weighted by Gasteiger charge is -2.22. The molecule has 2 rings (SSSR count). The van der Waals surface area contributed by atoms with Crippen LogP contribution in [-0.4, -0.2) is 11.3 Å². The molecule has 0 aromatic heterocycles. The molecular weight excluding hydrogens is 384 g/mol. The SMILES string of the molecule is CCCCc1cccc(C(CCCCCCc2ccccc2)OC(=O)O)c1CCCC. The Kier molecular flexibility index (Phi) is 11.8. The van der Waals surface area contributed by atoms with E-state index in [2.05, 4.69) is 62.4 Å². The van der Waals surface area contributed by atoms with Gasteiger partial charge in [0.25, 0.3) is 0 Å². The normalized spacial score (nSPS) is 11.9. The van der Waals surface area contributed by atoms with E-state index in [1.54, 1.807) is 0 Å². The fourth-order valence-corrected chi connectivity index (χ4v) is 4.27. The fraction of sp³-hybridized carbons (Fsp3) is 0.536. The number of hydrogen-bond donors (Lipinski definition) is 1. The van der Waals surface area contributed by atoms with Crippen molar-refractivity contribution in [1.82, 2.24) is 0 Å². The van der Waals surface area contributed by atoms with Crippen LogP contribution in [0.3, 0.4) is 0 Å². The summed E-state index contributed by atoms with van der Waals surface area (Å²) in [6.45, 7) is 4.42. The molecular formula is C28H40O3.